The molecular weight excluding hydrogens is 509 g/mol. The Morgan fingerprint density at radius 1 is 1.21 bits per heavy atom. The standard InChI is InChI=1S/C20H37ClFN5O5S2/c1-13(2)34(31,32)27-6-4-5-14(9-27)11-33(29,30)25-24-20(28)16-7-15(8-17(21)19(16)22)18-10-26(3)12-23-18/h13-19,23,25H,4-12H2,1-3H3,(H,24,28). The first-order chi connectivity index (χ1) is 15.8. The Labute approximate surface area is 207 Å². The van der Waals surface area contributed by atoms with Gasteiger partial charge in [-0.3, -0.25) is 20.4 Å². The Bertz CT molecular complexity index is 938. The van der Waals surface area contributed by atoms with E-state index in [1.54, 1.807) is 13.8 Å². The average Bonchev–Trinajstić information content (AvgIpc) is 3.20. The molecule has 6 atom stereocenters. The van der Waals surface area contributed by atoms with Gasteiger partial charge in [0.1, 0.15) is 6.17 Å². The molecule has 34 heavy (non-hydrogen) atoms. The Morgan fingerprint density at radius 3 is 2.53 bits per heavy atom. The highest BCUT2D eigenvalue weighted by Gasteiger charge is 2.44. The van der Waals surface area contributed by atoms with Crippen LogP contribution in [0.1, 0.15) is 39.5 Å². The van der Waals surface area contributed by atoms with E-state index in [0.29, 0.717) is 32.5 Å². The summed E-state index contributed by atoms with van der Waals surface area (Å²) in [6, 6.07) is 0.0992. The fourth-order valence-corrected chi connectivity index (χ4v) is 8.16. The zero-order valence-electron chi connectivity index (χ0n) is 19.9. The summed E-state index contributed by atoms with van der Waals surface area (Å²) in [5.41, 5.74) is 2.17. The van der Waals surface area contributed by atoms with Gasteiger partial charge in [0.05, 0.1) is 22.3 Å². The summed E-state index contributed by atoms with van der Waals surface area (Å²) in [4.78, 5) is 16.9. The molecule has 3 aliphatic rings. The van der Waals surface area contributed by atoms with Crippen molar-refractivity contribution in [2.75, 3.05) is 39.1 Å². The maximum Gasteiger partial charge on any atom is 0.241 e. The number of carbonyl (C=O) groups is 1. The highest BCUT2D eigenvalue weighted by Crippen LogP contribution is 2.37. The van der Waals surface area contributed by atoms with Gasteiger partial charge >= 0.3 is 0 Å². The summed E-state index contributed by atoms with van der Waals surface area (Å²) in [5, 5.41) is 1.94. The van der Waals surface area contributed by atoms with Crippen molar-refractivity contribution in [1.82, 2.24) is 24.8 Å². The van der Waals surface area contributed by atoms with E-state index in [1.807, 2.05) is 7.05 Å². The van der Waals surface area contributed by atoms with E-state index in [1.165, 1.54) is 4.31 Å². The second-order valence-electron chi connectivity index (χ2n) is 10.1. The van der Waals surface area contributed by atoms with Crippen LogP contribution in [-0.4, -0.2) is 93.9 Å². The molecule has 2 aliphatic heterocycles. The molecule has 2 saturated heterocycles. The van der Waals surface area contributed by atoms with Gasteiger partial charge in [-0.15, -0.1) is 16.4 Å². The quantitative estimate of drug-likeness (QED) is 0.294. The van der Waals surface area contributed by atoms with Crippen molar-refractivity contribution in [3.8, 4) is 0 Å². The van der Waals surface area contributed by atoms with E-state index < -0.39 is 54.6 Å². The van der Waals surface area contributed by atoms with Gasteiger partial charge in [0, 0.05) is 32.3 Å². The molecule has 0 bridgehead atoms. The van der Waals surface area contributed by atoms with Crippen molar-refractivity contribution in [3.63, 3.8) is 0 Å². The van der Waals surface area contributed by atoms with Crippen molar-refractivity contribution in [1.29, 1.82) is 0 Å². The van der Waals surface area contributed by atoms with E-state index >= 15 is 0 Å². The number of hydrazine groups is 1. The van der Waals surface area contributed by atoms with Gasteiger partial charge in [0.25, 0.3) is 0 Å². The Kier molecular flexibility index (Phi) is 9.24. The molecule has 198 valence electrons. The molecule has 3 rings (SSSR count). The topological polar surface area (TPSA) is 128 Å². The third-order valence-electron chi connectivity index (χ3n) is 7.07. The Morgan fingerprint density at radius 2 is 1.91 bits per heavy atom. The number of hydrogen-bond acceptors (Lipinski definition) is 7. The lowest BCUT2D eigenvalue weighted by Gasteiger charge is -2.37. The lowest BCUT2D eigenvalue weighted by atomic mass is 9.76. The molecule has 1 aliphatic carbocycles. The van der Waals surface area contributed by atoms with Crippen molar-refractivity contribution in [2.45, 2.75) is 62.4 Å². The summed E-state index contributed by atoms with van der Waals surface area (Å²) in [5.74, 6) is -2.53. The first-order valence-electron chi connectivity index (χ1n) is 11.8. The highest BCUT2D eigenvalue weighted by molar-refractivity contribution is 7.90. The molecule has 3 N–H and O–H groups in total. The normalized spacial score (nSPS) is 34.4. The fourth-order valence-electron chi connectivity index (χ4n) is 5.12. The third kappa shape index (κ3) is 6.80. The molecule has 0 aromatic carbocycles. The van der Waals surface area contributed by atoms with Gasteiger partial charge in [0.2, 0.25) is 26.0 Å². The second-order valence-corrected chi connectivity index (χ2v) is 15.0. The van der Waals surface area contributed by atoms with Crippen molar-refractivity contribution in [3.05, 3.63) is 0 Å². The summed E-state index contributed by atoms with van der Waals surface area (Å²) in [6.07, 6.45) is 0.268. The maximum atomic E-state index is 14.8. The van der Waals surface area contributed by atoms with Gasteiger partial charge in [-0.05, 0) is 58.4 Å². The number of piperidine rings is 1. The van der Waals surface area contributed by atoms with E-state index in [-0.39, 0.29) is 30.7 Å². The number of nitrogens with zero attached hydrogens (tertiary/aromatic N) is 2. The number of sulfonamides is 2. The molecule has 2 heterocycles. The van der Waals surface area contributed by atoms with Crippen LogP contribution in [-0.2, 0) is 24.8 Å². The zero-order valence-corrected chi connectivity index (χ0v) is 22.3. The minimum atomic E-state index is -3.95. The number of halogens is 2. The van der Waals surface area contributed by atoms with Crippen LogP contribution in [0.2, 0.25) is 0 Å². The number of alkyl halides is 2. The van der Waals surface area contributed by atoms with Crippen LogP contribution in [0.3, 0.4) is 0 Å². The number of amides is 1. The number of likely N-dealkylation sites (N-methyl/N-ethyl adjacent to an activating group) is 1. The van der Waals surface area contributed by atoms with E-state index in [2.05, 4.69) is 20.5 Å². The highest BCUT2D eigenvalue weighted by atomic mass is 35.5. The Hall–Kier alpha value is -0.570. The van der Waals surface area contributed by atoms with E-state index in [4.69, 9.17) is 11.6 Å². The van der Waals surface area contributed by atoms with Crippen LogP contribution in [0.5, 0.6) is 0 Å². The summed E-state index contributed by atoms with van der Waals surface area (Å²) < 4.78 is 66.2. The predicted octanol–water partition coefficient (Wildman–Crippen LogP) is 0.220. The molecule has 3 fully saturated rings. The summed E-state index contributed by atoms with van der Waals surface area (Å²) in [7, 11) is -5.45. The third-order valence-corrected chi connectivity index (χ3v) is 11.1. The van der Waals surface area contributed by atoms with Crippen LogP contribution in [0, 0.1) is 17.8 Å². The van der Waals surface area contributed by atoms with Crippen molar-refractivity contribution < 1.29 is 26.0 Å². The number of hydrogen-bond donors (Lipinski definition) is 3. The molecular formula is C20H37ClFN5O5S2. The predicted molar refractivity (Wildman–Crippen MR) is 129 cm³/mol. The lowest BCUT2D eigenvalue weighted by molar-refractivity contribution is -0.129. The van der Waals surface area contributed by atoms with Crippen LogP contribution in [0.4, 0.5) is 4.39 Å². The molecule has 0 aromatic rings. The maximum absolute atomic E-state index is 14.8. The minimum absolute atomic E-state index is 0.00272. The molecule has 10 nitrogen and oxygen atoms in total. The molecule has 14 heteroatoms. The second kappa shape index (κ2) is 11.2. The fraction of sp³-hybridized carbons (Fsp3) is 0.950. The first kappa shape index (κ1) is 28.0. The van der Waals surface area contributed by atoms with Crippen molar-refractivity contribution in [2.24, 2.45) is 17.8 Å². The molecule has 0 spiro atoms. The number of carbonyl (C=O) groups excluding carboxylic acids is 1. The van der Waals surface area contributed by atoms with Gasteiger partial charge in [-0.25, -0.2) is 25.5 Å². The van der Waals surface area contributed by atoms with Crippen LogP contribution < -0.4 is 15.6 Å². The summed E-state index contributed by atoms with van der Waals surface area (Å²) in [6.45, 7) is 5.15. The Balaban J connectivity index is 1.55. The van der Waals surface area contributed by atoms with Gasteiger partial charge in [0.15, 0.2) is 0 Å². The molecule has 1 amide bonds. The molecule has 6 unspecified atom stereocenters. The largest absolute Gasteiger partial charge is 0.300 e. The van der Waals surface area contributed by atoms with Gasteiger partial charge in [-0.1, -0.05) is 0 Å². The average molecular weight is 546 g/mol. The van der Waals surface area contributed by atoms with E-state index in [9.17, 15) is 26.0 Å². The van der Waals surface area contributed by atoms with E-state index in [0.717, 1.165) is 6.54 Å². The SMILES string of the molecule is CC(C)S(=O)(=O)N1CCCC(CS(=O)(=O)NNC(=O)C2CC(C3CN(C)CN3)CC(Cl)C2F)C1. The number of nitrogens with one attached hydrogen (secondary N) is 3. The zero-order chi connectivity index (χ0) is 25.3. The van der Waals surface area contributed by atoms with Crippen molar-refractivity contribution >= 4 is 37.6 Å². The van der Waals surface area contributed by atoms with Crippen LogP contribution >= 0.6 is 11.6 Å². The lowest BCUT2D eigenvalue weighted by Crippen LogP contribution is -2.53. The molecule has 0 aromatic heterocycles. The van der Waals surface area contributed by atoms with Gasteiger partial charge in [-0.2, -0.15) is 0 Å². The summed E-state index contributed by atoms with van der Waals surface area (Å²) >= 11 is 6.22. The van der Waals surface area contributed by atoms with Crippen LogP contribution in [0.25, 0.3) is 0 Å². The monoisotopic (exact) mass is 545 g/mol. The van der Waals surface area contributed by atoms with Crippen LogP contribution in [0.15, 0.2) is 0 Å². The number of rotatable bonds is 8. The first-order valence-corrected chi connectivity index (χ1v) is 15.4. The molecule has 1 saturated carbocycles. The van der Waals surface area contributed by atoms with Gasteiger partial charge < -0.3 is 0 Å². The smallest absolute Gasteiger partial charge is 0.241 e. The minimum Gasteiger partial charge on any atom is -0.300 e. The molecule has 0 radical (unpaired) electrons.